The van der Waals surface area contributed by atoms with E-state index in [2.05, 4.69) is 38.1 Å². The third kappa shape index (κ3) is 0.969. The molecule has 64 valence electrons. The zero-order valence-electron chi connectivity index (χ0n) is 7.62. The number of hydrogen-bond acceptors (Lipinski definition) is 1. The lowest BCUT2D eigenvalue weighted by atomic mass is 10.0. The SMILES string of the molecule is CC1(C)C(N)C1c1ccccc1. The Labute approximate surface area is 73.6 Å². The Morgan fingerprint density at radius 2 is 1.67 bits per heavy atom. The van der Waals surface area contributed by atoms with Gasteiger partial charge in [0.2, 0.25) is 0 Å². The van der Waals surface area contributed by atoms with Crippen LogP contribution in [0.1, 0.15) is 25.3 Å². The van der Waals surface area contributed by atoms with Crippen LogP contribution in [0.15, 0.2) is 30.3 Å². The van der Waals surface area contributed by atoms with Crippen LogP contribution in [-0.2, 0) is 0 Å². The molecule has 0 aromatic heterocycles. The summed E-state index contributed by atoms with van der Waals surface area (Å²) in [5.74, 6) is 0.568. The molecule has 0 saturated heterocycles. The molecule has 0 bridgehead atoms. The van der Waals surface area contributed by atoms with Gasteiger partial charge in [-0.1, -0.05) is 44.2 Å². The molecule has 1 nitrogen and oxygen atoms in total. The van der Waals surface area contributed by atoms with Crippen LogP contribution in [0.4, 0.5) is 0 Å². The molecule has 1 aromatic carbocycles. The smallest absolute Gasteiger partial charge is 0.0172 e. The molecule has 2 unspecified atom stereocenters. The van der Waals surface area contributed by atoms with Gasteiger partial charge in [0, 0.05) is 12.0 Å². The van der Waals surface area contributed by atoms with Gasteiger partial charge >= 0.3 is 0 Å². The standard InChI is InChI=1S/C11H15N/c1-11(2)9(10(11)12)8-6-4-3-5-7-8/h3-7,9-10H,12H2,1-2H3. The van der Waals surface area contributed by atoms with Gasteiger partial charge in [0.25, 0.3) is 0 Å². The van der Waals surface area contributed by atoms with E-state index in [-0.39, 0.29) is 0 Å². The second-order valence-electron chi connectivity index (χ2n) is 4.24. The summed E-state index contributed by atoms with van der Waals surface area (Å²) >= 11 is 0. The minimum atomic E-state index is 0.307. The molecule has 0 spiro atoms. The highest BCUT2D eigenvalue weighted by Gasteiger charge is 2.55. The molecule has 2 N–H and O–H groups in total. The average molecular weight is 161 g/mol. The van der Waals surface area contributed by atoms with Crippen LogP contribution in [0.5, 0.6) is 0 Å². The molecule has 0 heterocycles. The average Bonchev–Trinajstić information content (AvgIpc) is 2.53. The molecular weight excluding hydrogens is 146 g/mol. The lowest BCUT2D eigenvalue weighted by Gasteiger charge is -2.01. The Morgan fingerprint density at radius 3 is 2.08 bits per heavy atom. The molecule has 12 heavy (non-hydrogen) atoms. The fourth-order valence-corrected chi connectivity index (χ4v) is 1.97. The normalized spacial score (nSPS) is 31.6. The van der Waals surface area contributed by atoms with Crippen LogP contribution in [-0.4, -0.2) is 6.04 Å². The second kappa shape index (κ2) is 2.33. The van der Waals surface area contributed by atoms with Gasteiger partial charge in [0.15, 0.2) is 0 Å². The number of hydrogen-bond donors (Lipinski definition) is 1. The molecule has 1 aliphatic carbocycles. The molecule has 2 atom stereocenters. The fourth-order valence-electron chi connectivity index (χ4n) is 1.97. The highest BCUT2D eigenvalue weighted by molar-refractivity contribution is 5.33. The molecule has 2 rings (SSSR count). The van der Waals surface area contributed by atoms with Gasteiger partial charge in [0.05, 0.1) is 0 Å². The van der Waals surface area contributed by atoms with Crippen LogP contribution >= 0.6 is 0 Å². The molecule has 1 heteroatoms. The van der Waals surface area contributed by atoms with Gasteiger partial charge in [-0.05, 0) is 11.0 Å². The Balaban J connectivity index is 2.25. The van der Waals surface area contributed by atoms with Crippen LogP contribution < -0.4 is 5.73 Å². The van der Waals surface area contributed by atoms with Crippen molar-refractivity contribution in [1.82, 2.24) is 0 Å². The maximum absolute atomic E-state index is 5.98. The van der Waals surface area contributed by atoms with E-state index < -0.39 is 0 Å². The minimum Gasteiger partial charge on any atom is -0.327 e. The summed E-state index contributed by atoms with van der Waals surface area (Å²) in [6.45, 7) is 4.46. The van der Waals surface area contributed by atoms with Crippen molar-refractivity contribution in [2.75, 3.05) is 0 Å². The molecule has 1 fully saturated rings. The molecule has 1 aliphatic rings. The van der Waals surface area contributed by atoms with Gasteiger partial charge in [0.1, 0.15) is 0 Å². The van der Waals surface area contributed by atoms with Crippen molar-refractivity contribution < 1.29 is 0 Å². The maximum atomic E-state index is 5.98. The van der Waals surface area contributed by atoms with Gasteiger partial charge in [-0.2, -0.15) is 0 Å². The van der Waals surface area contributed by atoms with Crippen molar-refractivity contribution in [2.24, 2.45) is 11.1 Å². The predicted octanol–water partition coefficient (Wildman–Crippen LogP) is 2.14. The van der Waals surface area contributed by atoms with Crippen molar-refractivity contribution in [3.63, 3.8) is 0 Å². The number of rotatable bonds is 1. The predicted molar refractivity (Wildman–Crippen MR) is 50.9 cm³/mol. The summed E-state index contributed by atoms with van der Waals surface area (Å²) in [6, 6.07) is 10.9. The highest BCUT2D eigenvalue weighted by atomic mass is 14.8. The molecular formula is C11H15N. The van der Waals surface area contributed by atoms with Gasteiger partial charge in [-0.3, -0.25) is 0 Å². The molecule has 1 saturated carbocycles. The minimum absolute atomic E-state index is 0.307. The second-order valence-corrected chi connectivity index (χ2v) is 4.24. The Kier molecular flexibility index (Phi) is 1.52. The van der Waals surface area contributed by atoms with Crippen LogP contribution in [0.25, 0.3) is 0 Å². The quantitative estimate of drug-likeness (QED) is 0.671. The molecule has 0 amide bonds. The third-order valence-electron chi connectivity index (χ3n) is 3.07. The van der Waals surface area contributed by atoms with Gasteiger partial charge in [-0.15, -0.1) is 0 Å². The summed E-state index contributed by atoms with van der Waals surface area (Å²) in [6.07, 6.45) is 0. The van der Waals surface area contributed by atoms with Crippen LogP contribution in [0.3, 0.4) is 0 Å². The first kappa shape index (κ1) is 7.81. The number of nitrogens with two attached hydrogens (primary N) is 1. The first-order valence-corrected chi connectivity index (χ1v) is 4.44. The number of benzene rings is 1. The summed E-state index contributed by atoms with van der Waals surface area (Å²) < 4.78 is 0. The highest BCUT2D eigenvalue weighted by Crippen LogP contribution is 2.57. The Hall–Kier alpha value is -0.820. The van der Waals surface area contributed by atoms with Crippen molar-refractivity contribution in [3.05, 3.63) is 35.9 Å². The van der Waals surface area contributed by atoms with E-state index in [0.717, 1.165) is 0 Å². The van der Waals surface area contributed by atoms with E-state index in [1.807, 2.05) is 6.07 Å². The van der Waals surface area contributed by atoms with E-state index in [9.17, 15) is 0 Å². The summed E-state index contributed by atoms with van der Waals surface area (Å²) in [5, 5.41) is 0. The van der Waals surface area contributed by atoms with Crippen LogP contribution in [0.2, 0.25) is 0 Å². The zero-order valence-corrected chi connectivity index (χ0v) is 7.62. The van der Waals surface area contributed by atoms with E-state index in [1.165, 1.54) is 5.56 Å². The molecule has 0 radical (unpaired) electrons. The first-order chi connectivity index (χ1) is 5.64. The molecule has 0 aliphatic heterocycles. The van der Waals surface area contributed by atoms with Crippen molar-refractivity contribution in [3.8, 4) is 0 Å². The largest absolute Gasteiger partial charge is 0.327 e. The third-order valence-corrected chi connectivity index (χ3v) is 3.07. The summed E-state index contributed by atoms with van der Waals surface area (Å²) in [4.78, 5) is 0. The van der Waals surface area contributed by atoms with E-state index in [0.29, 0.717) is 17.4 Å². The Bertz CT molecular complexity index is 276. The Morgan fingerprint density at radius 1 is 1.17 bits per heavy atom. The maximum Gasteiger partial charge on any atom is 0.0172 e. The van der Waals surface area contributed by atoms with Crippen molar-refractivity contribution in [1.29, 1.82) is 0 Å². The first-order valence-electron chi connectivity index (χ1n) is 4.44. The monoisotopic (exact) mass is 161 g/mol. The lowest BCUT2D eigenvalue weighted by molar-refractivity contribution is 0.599. The van der Waals surface area contributed by atoms with Gasteiger partial charge < -0.3 is 5.73 Å². The van der Waals surface area contributed by atoms with E-state index >= 15 is 0 Å². The van der Waals surface area contributed by atoms with Gasteiger partial charge in [-0.25, -0.2) is 0 Å². The summed E-state index contributed by atoms with van der Waals surface area (Å²) in [5.41, 5.74) is 7.67. The van der Waals surface area contributed by atoms with E-state index in [4.69, 9.17) is 5.73 Å². The summed E-state index contributed by atoms with van der Waals surface area (Å²) in [7, 11) is 0. The van der Waals surface area contributed by atoms with E-state index in [1.54, 1.807) is 0 Å². The topological polar surface area (TPSA) is 26.0 Å². The van der Waals surface area contributed by atoms with Crippen LogP contribution in [0, 0.1) is 5.41 Å². The van der Waals surface area contributed by atoms with Crippen molar-refractivity contribution in [2.45, 2.75) is 25.8 Å². The zero-order chi connectivity index (χ0) is 8.77. The van der Waals surface area contributed by atoms with Crippen molar-refractivity contribution >= 4 is 0 Å². The lowest BCUT2D eigenvalue weighted by Crippen LogP contribution is -2.06. The molecule has 1 aromatic rings. The fraction of sp³-hybridized carbons (Fsp3) is 0.455.